The van der Waals surface area contributed by atoms with Crippen LogP contribution in [0.2, 0.25) is 0 Å². The maximum absolute atomic E-state index is 12.3. The van der Waals surface area contributed by atoms with Gasteiger partial charge >= 0.3 is 0 Å². The molecule has 0 saturated heterocycles. The Labute approximate surface area is 111 Å². The maximum atomic E-state index is 12.3. The van der Waals surface area contributed by atoms with Crippen molar-refractivity contribution in [1.29, 1.82) is 0 Å². The summed E-state index contributed by atoms with van der Waals surface area (Å²) in [4.78, 5) is 12.3. The van der Waals surface area contributed by atoms with Gasteiger partial charge in [-0.05, 0) is 36.5 Å². The lowest BCUT2D eigenvalue weighted by Gasteiger charge is -2.46. The lowest BCUT2D eigenvalue weighted by atomic mass is 9.61. The molecule has 0 radical (unpaired) electrons. The van der Waals surface area contributed by atoms with Crippen LogP contribution < -0.4 is 11.1 Å². The SMILES string of the molecule is CC1C(N)CCC(C(=O)NCCC2CC2)C1(C)C. The molecular weight excluding hydrogens is 224 g/mol. The van der Waals surface area contributed by atoms with Gasteiger partial charge in [-0.15, -0.1) is 0 Å². The summed E-state index contributed by atoms with van der Waals surface area (Å²) in [5, 5.41) is 3.13. The third-order valence-corrected chi connectivity index (χ3v) is 5.37. The lowest BCUT2D eigenvalue weighted by molar-refractivity contribution is -0.132. The molecule has 2 rings (SSSR count). The molecule has 3 unspecified atom stereocenters. The highest BCUT2D eigenvalue weighted by Gasteiger charge is 2.44. The number of rotatable bonds is 4. The van der Waals surface area contributed by atoms with Gasteiger partial charge in [0.05, 0.1) is 0 Å². The molecule has 0 aromatic rings. The van der Waals surface area contributed by atoms with E-state index in [0.717, 1.165) is 31.7 Å². The highest BCUT2D eigenvalue weighted by atomic mass is 16.1. The van der Waals surface area contributed by atoms with E-state index >= 15 is 0 Å². The molecule has 0 spiro atoms. The topological polar surface area (TPSA) is 55.1 Å². The molecule has 18 heavy (non-hydrogen) atoms. The summed E-state index contributed by atoms with van der Waals surface area (Å²) in [6, 6.07) is 0.246. The molecule has 2 fully saturated rings. The zero-order chi connectivity index (χ0) is 13.3. The summed E-state index contributed by atoms with van der Waals surface area (Å²) in [7, 11) is 0. The molecule has 3 nitrogen and oxygen atoms in total. The van der Waals surface area contributed by atoms with Gasteiger partial charge in [0.15, 0.2) is 0 Å². The van der Waals surface area contributed by atoms with E-state index in [1.54, 1.807) is 0 Å². The van der Waals surface area contributed by atoms with Gasteiger partial charge in [0.1, 0.15) is 0 Å². The smallest absolute Gasteiger partial charge is 0.223 e. The largest absolute Gasteiger partial charge is 0.356 e. The van der Waals surface area contributed by atoms with Crippen LogP contribution in [0.25, 0.3) is 0 Å². The van der Waals surface area contributed by atoms with Crippen LogP contribution in [-0.4, -0.2) is 18.5 Å². The summed E-state index contributed by atoms with van der Waals surface area (Å²) in [6.45, 7) is 7.44. The zero-order valence-corrected chi connectivity index (χ0v) is 12.0. The second-order valence-electron chi connectivity index (χ2n) is 6.93. The van der Waals surface area contributed by atoms with Crippen LogP contribution >= 0.6 is 0 Å². The fourth-order valence-corrected chi connectivity index (χ4v) is 3.25. The van der Waals surface area contributed by atoms with Crippen molar-refractivity contribution in [3.63, 3.8) is 0 Å². The van der Waals surface area contributed by atoms with E-state index in [-0.39, 0.29) is 23.3 Å². The minimum atomic E-state index is 0.0152. The molecule has 0 aromatic heterocycles. The van der Waals surface area contributed by atoms with Gasteiger partial charge < -0.3 is 11.1 Å². The van der Waals surface area contributed by atoms with Gasteiger partial charge in [0.2, 0.25) is 5.91 Å². The van der Waals surface area contributed by atoms with E-state index in [9.17, 15) is 4.79 Å². The summed E-state index contributed by atoms with van der Waals surface area (Å²) >= 11 is 0. The van der Waals surface area contributed by atoms with E-state index in [1.807, 2.05) is 0 Å². The standard InChI is InChI=1S/C15H28N2O/c1-10-13(16)7-6-12(15(10,2)3)14(18)17-9-8-11-4-5-11/h10-13H,4-9,16H2,1-3H3,(H,17,18). The molecule has 3 heteroatoms. The molecular formula is C15H28N2O. The highest BCUT2D eigenvalue weighted by Crippen LogP contribution is 2.44. The molecule has 0 heterocycles. The van der Waals surface area contributed by atoms with Crippen molar-refractivity contribution < 1.29 is 4.79 Å². The van der Waals surface area contributed by atoms with Gasteiger partial charge in [-0.3, -0.25) is 4.79 Å². The Kier molecular flexibility index (Phi) is 4.00. The predicted molar refractivity (Wildman–Crippen MR) is 74.0 cm³/mol. The number of hydrogen-bond donors (Lipinski definition) is 2. The van der Waals surface area contributed by atoms with Crippen molar-refractivity contribution in [2.45, 2.75) is 58.9 Å². The first-order chi connectivity index (χ1) is 8.43. The molecule has 3 N–H and O–H groups in total. The van der Waals surface area contributed by atoms with Crippen molar-refractivity contribution in [2.24, 2.45) is 28.9 Å². The van der Waals surface area contributed by atoms with Crippen LogP contribution in [0.15, 0.2) is 0 Å². The fraction of sp³-hybridized carbons (Fsp3) is 0.933. The van der Waals surface area contributed by atoms with Crippen LogP contribution in [-0.2, 0) is 4.79 Å². The first kappa shape index (κ1) is 13.9. The quantitative estimate of drug-likeness (QED) is 0.806. The van der Waals surface area contributed by atoms with Crippen molar-refractivity contribution >= 4 is 5.91 Å². The van der Waals surface area contributed by atoms with Gasteiger partial charge in [0, 0.05) is 18.5 Å². The third-order valence-electron chi connectivity index (χ3n) is 5.37. The second-order valence-corrected chi connectivity index (χ2v) is 6.93. The average molecular weight is 252 g/mol. The Hall–Kier alpha value is -0.570. The number of carbonyl (C=O) groups is 1. The van der Waals surface area contributed by atoms with Crippen molar-refractivity contribution in [3.05, 3.63) is 0 Å². The fourth-order valence-electron chi connectivity index (χ4n) is 3.25. The normalized spacial score (nSPS) is 35.2. The lowest BCUT2D eigenvalue weighted by Crippen LogP contribution is -2.51. The number of carbonyl (C=O) groups excluding carboxylic acids is 1. The van der Waals surface area contributed by atoms with Crippen molar-refractivity contribution in [3.8, 4) is 0 Å². The van der Waals surface area contributed by atoms with Crippen molar-refractivity contribution in [2.75, 3.05) is 6.54 Å². The van der Waals surface area contributed by atoms with E-state index in [0.29, 0.717) is 5.92 Å². The Morgan fingerprint density at radius 2 is 1.94 bits per heavy atom. The van der Waals surface area contributed by atoms with Crippen LogP contribution in [0, 0.1) is 23.2 Å². The maximum Gasteiger partial charge on any atom is 0.223 e. The Morgan fingerprint density at radius 1 is 1.28 bits per heavy atom. The van der Waals surface area contributed by atoms with E-state index in [1.165, 1.54) is 12.8 Å². The second kappa shape index (κ2) is 5.20. The van der Waals surface area contributed by atoms with Crippen molar-refractivity contribution in [1.82, 2.24) is 5.32 Å². The molecule has 0 aliphatic heterocycles. The minimum absolute atomic E-state index is 0.0152. The molecule has 3 atom stereocenters. The first-order valence-electron chi connectivity index (χ1n) is 7.46. The molecule has 104 valence electrons. The van der Waals surface area contributed by atoms with Crippen LogP contribution in [0.1, 0.15) is 52.9 Å². The number of hydrogen-bond acceptors (Lipinski definition) is 2. The zero-order valence-electron chi connectivity index (χ0n) is 12.0. The predicted octanol–water partition coefficient (Wildman–Crippen LogP) is 2.30. The van der Waals surface area contributed by atoms with E-state index < -0.39 is 0 Å². The van der Waals surface area contributed by atoms with Gasteiger partial charge in [-0.2, -0.15) is 0 Å². The van der Waals surface area contributed by atoms with Gasteiger partial charge in [0.25, 0.3) is 0 Å². The highest BCUT2D eigenvalue weighted by molar-refractivity contribution is 5.79. The van der Waals surface area contributed by atoms with Crippen LogP contribution in [0.3, 0.4) is 0 Å². The molecule has 0 aromatic carbocycles. The Morgan fingerprint density at radius 3 is 2.56 bits per heavy atom. The summed E-state index contributed by atoms with van der Waals surface area (Å²) in [5.41, 5.74) is 6.15. The third kappa shape index (κ3) is 2.87. The monoisotopic (exact) mass is 252 g/mol. The molecule has 0 bridgehead atoms. The molecule has 2 aliphatic carbocycles. The van der Waals surface area contributed by atoms with E-state index in [4.69, 9.17) is 5.73 Å². The molecule has 1 amide bonds. The first-order valence-corrected chi connectivity index (χ1v) is 7.46. The molecule has 2 aliphatic rings. The van der Waals surface area contributed by atoms with Crippen LogP contribution in [0.4, 0.5) is 0 Å². The van der Waals surface area contributed by atoms with Crippen LogP contribution in [0.5, 0.6) is 0 Å². The van der Waals surface area contributed by atoms with Gasteiger partial charge in [-0.1, -0.05) is 33.6 Å². The van der Waals surface area contributed by atoms with Gasteiger partial charge in [-0.25, -0.2) is 0 Å². The number of nitrogens with one attached hydrogen (secondary N) is 1. The number of nitrogens with two attached hydrogens (primary N) is 1. The number of amides is 1. The minimum Gasteiger partial charge on any atom is -0.356 e. The summed E-state index contributed by atoms with van der Waals surface area (Å²) < 4.78 is 0. The molecule has 2 saturated carbocycles. The average Bonchev–Trinajstić information content (AvgIpc) is 3.10. The van der Waals surface area contributed by atoms with E-state index in [2.05, 4.69) is 26.1 Å². The summed E-state index contributed by atoms with van der Waals surface area (Å²) in [5.74, 6) is 1.67. The Bertz CT molecular complexity index is 310. The Balaban J connectivity index is 1.87. The summed E-state index contributed by atoms with van der Waals surface area (Å²) in [6.07, 6.45) is 5.79.